The summed E-state index contributed by atoms with van der Waals surface area (Å²) in [5, 5.41) is 3.81. The zero-order valence-electron chi connectivity index (χ0n) is 15.8. The molecule has 2 unspecified atom stereocenters. The average molecular weight is 411 g/mol. The highest BCUT2D eigenvalue weighted by atomic mass is 35.5. The van der Waals surface area contributed by atoms with E-state index in [1.165, 1.54) is 0 Å². The normalized spacial score (nSPS) is 13.1. The van der Waals surface area contributed by atoms with Gasteiger partial charge in [0.1, 0.15) is 11.5 Å². The van der Waals surface area contributed by atoms with Crippen LogP contribution in [0.3, 0.4) is 0 Å². The molecule has 1 amide bonds. The van der Waals surface area contributed by atoms with Crippen LogP contribution in [-0.4, -0.2) is 44.7 Å². The summed E-state index contributed by atoms with van der Waals surface area (Å²) in [6.07, 6.45) is -0.697. The Morgan fingerprint density at radius 2 is 1.93 bits per heavy atom. The molecular weight excluding hydrogens is 387 g/mol. The Bertz CT molecular complexity index is 784. The van der Waals surface area contributed by atoms with Crippen molar-refractivity contribution < 1.29 is 14.3 Å². The van der Waals surface area contributed by atoms with Gasteiger partial charge < -0.3 is 19.7 Å². The van der Waals surface area contributed by atoms with E-state index < -0.39 is 6.10 Å². The van der Waals surface area contributed by atoms with E-state index in [0.29, 0.717) is 22.3 Å². The third kappa shape index (κ3) is 6.03. The number of nitrogens with zero attached hydrogens (tertiary/aromatic N) is 1. The van der Waals surface area contributed by atoms with Crippen LogP contribution in [0.15, 0.2) is 42.5 Å². The van der Waals surface area contributed by atoms with Crippen molar-refractivity contribution in [2.45, 2.75) is 19.1 Å². The van der Waals surface area contributed by atoms with Crippen molar-refractivity contribution in [2.75, 3.05) is 27.7 Å². The van der Waals surface area contributed by atoms with Crippen LogP contribution in [0.25, 0.3) is 0 Å². The first kappa shape index (κ1) is 21.4. The van der Waals surface area contributed by atoms with Gasteiger partial charge in [0.2, 0.25) is 0 Å². The molecule has 0 aromatic heterocycles. The number of halogens is 2. The molecule has 2 aromatic carbocycles. The lowest BCUT2D eigenvalue weighted by Gasteiger charge is -2.26. The molecule has 0 aliphatic heterocycles. The van der Waals surface area contributed by atoms with E-state index in [2.05, 4.69) is 5.32 Å². The molecule has 146 valence electrons. The maximum absolute atomic E-state index is 12.5. The van der Waals surface area contributed by atoms with Crippen molar-refractivity contribution in [3.63, 3.8) is 0 Å². The lowest BCUT2D eigenvalue weighted by atomic mass is 10.1. The molecule has 1 N–H and O–H groups in total. The molecular formula is C20H24Cl2N2O3. The monoisotopic (exact) mass is 410 g/mol. The highest BCUT2D eigenvalue weighted by molar-refractivity contribution is 6.35. The third-order valence-corrected chi connectivity index (χ3v) is 4.67. The van der Waals surface area contributed by atoms with Gasteiger partial charge in [0, 0.05) is 11.6 Å². The second kappa shape index (κ2) is 9.83. The molecule has 0 radical (unpaired) electrons. The van der Waals surface area contributed by atoms with Crippen molar-refractivity contribution in [3.05, 3.63) is 58.1 Å². The molecule has 5 nitrogen and oxygen atoms in total. The average Bonchev–Trinajstić information content (AvgIpc) is 2.63. The van der Waals surface area contributed by atoms with Gasteiger partial charge in [0.15, 0.2) is 6.10 Å². The summed E-state index contributed by atoms with van der Waals surface area (Å²) >= 11 is 12.0. The van der Waals surface area contributed by atoms with Crippen molar-refractivity contribution in [3.8, 4) is 11.5 Å². The summed E-state index contributed by atoms with van der Waals surface area (Å²) in [4.78, 5) is 14.5. The van der Waals surface area contributed by atoms with Gasteiger partial charge in [-0.25, -0.2) is 0 Å². The predicted octanol–water partition coefficient (Wildman–Crippen LogP) is 4.19. The zero-order valence-corrected chi connectivity index (χ0v) is 17.3. The van der Waals surface area contributed by atoms with Gasteiger partial charge in [-0.15, -0.1) is 0 Å². The molecule has 0 saturated carbocycles. The highest BCUT2D eigenvalue weighted by Crippen LogP contribution is 2.28. The molecule has 0 aliphatic carbocycles. The number of benzene rings is 2. The number of rotatable bonds is 8. The van der Waals surface area contributed by atoms with Crippen LogP contribution in [-0.2, 0) is 4.79 Å². The Morgan fingerprint density at radius 1 is 1.19 bits per heavy atom. The molecule has 7 heteroatoms. The van der Waals surface area contributed by atoms with Gasteiger partial charge >= 0.3 is 0 Å². The molecule has 27 heavy (non-hydrogen) atoms. The second-order valence-electron chi connectivity index (χ2n) is 6.34. The highest BCUT2D eigenvalue weighted by Gasteiger charge is 2.20. The van der Waals surface area contributed by atoms with Gasteiger partial charge in [0.05, 0.1) is 18.2 Å². The van der Waals surface area contributed by atoms with Crippen LogP contribution in [0.1, 0.15) is 18.5 Å². The van der Waals surface area contributed by atoms with E-state index in [0.717, 1.165) is 11.3 Å². The van der Waals surface area contributed by atoms with E-state index in [-0.39, 0.29) is 11.9 Å². The number of hydrogen-bond acceptors (Lipinski definition) is 4. The van der Waals surface area contributed by atoms with Crippen LogP contribution in [0.2, 0.25) is 10.0 Å². The summed E-state index contributed by atoms with van der Waals surface area (Å²) in [5.74, 6) is 0.969. The molecule has 2 rings (SSSR count). The Morgan fingerprint density at radius 3 is 2.56 bits per heavy atom. The minimum Gasteiger partial charge on any atom is -0.497 e. The van der Waals surface area contributed by atoms with Crippen molar-refractivity contribution in [2.24, 2.45) is 0 Å². The van der Waals surface area contributed by atoms with E-state index in [9.17, 15) is 4.79 Å². The molecule has 0 spiro atoms. The summed E-state index contributed by atoms with van der Waals surface area (Å²) in [5.41, 5.74) is 1.05. The van der Waals surface area contributed by atoms with Crippen LogP contribution >= 0.6 is 23.2 Å². The maximum Gasteiger partial charge on any atom is 0.260 e. The quantitative estimate of drug-likeness (QED) is 0.708. The number of carbonyl (C=O) groups is 1. The maximum atomic E-state index is 12.5. The third-order valence-electron chi connectivity index (χ3n) is 4.14. The molecule has 0 fully saturated rings. The topological polar surface area (TPSA) is 50.8 Å². The smallest absolute Gasteiger partial charge is 0.260 e. The van der Waals surface area contributed by atoms with Crippen molar-refractivity contribution in [1.29, 1.82) is 0 Å². The van der Waals surface area contributed by atoms with Crippen LogP contribution in [0, 0.1) is 0 Å². The molecule has 2 aromatic rings. The molecule has 0 heterocycles. The SMILES string of the molecule is COc1cccc(C(CNC(=O)C(C)Oc2ccc(Cl)cc2Cl)N(C)C)c1. The fourth-order valence-corrected chi connectivity index (χ4v) is 3.06. The zero-order chi connectivity index (χ0) is 20.0. The Kier molecular flexibility index (Phi) is 7.78. The number of nitrogens with one attached hydrogen (secondary N) is 1. The van der Waals surface area contributed by atoms with E-state index >= 15 is 0 Å². The molecule has 0 saturated heterocycles. The standard InChI is InChI=1S/C20H24Cl2N2O3/c1-13(27-19-9-8-15(21)11-17(19)22)20(25)23-12-18(24(2)3)14-6-5-7-16(10-14)26-4/h5-11,13,18H,12H2,1-4H3,(H,23,25). The molecule has 0 bridgehead atoms. The Balaban J connectivity index is 2.00. The predicted molar refractivity (Wildman–Crippen MR) is 109 cm³/mol. The number of methoxy groups -OCH3 is 1. The fraction of sp³-hybridized carbons (Fsp3) is 0.350. The fourth-order valence-electron chi connectivity index (χ4n) is 2.60. The van der Waals surface area contributed by atoms with Crippen molar-refractivity contribution >= 4 is 29.1 Å². The van der Waals surface area contributed by atoms with Gasteiger partial charge in [-0.2, -0.15) is 0 Å². The van der Waals surface area contributed by atoms with Crippen LogP contribution < -0.4 is 14.8 Å². The van der Waals surface area contributed by atoms with Gasteiger partial charge in [0.25, 0.3) is 5.91 Å². The minimum absolute atomic E-state index is 0.00429. The van der Waals surface area contributed by atoms with Crippen LogP contribution in [0.4, 0.5) is 0 Å². The van der Waals surface area contributed by atoms with Gasteiger partial charge in [-0.05, 0) is 56.9 Å². The van der Waals surface area contributed by atoms with Crippen LogP contribution in [0.5, 0.6) is 11.5 Å². The largest absolute Gasteiger partial charge is 0.497 e. The number of likely N-dealkylation sites (N-methyl/N-ethyl adjacent to an activating group) is 1. The van der Waals surface area contributed by atoms with E-state index in [4.69, 9.17) is 32.7 Å². The number of amides is 1. The van der Waals surface area contributed by atoms with Gasteiger partial charge in [-0.3, -0.25) is 4.79 Å². The first-order valence-corrected chi connectivity index (χ1v) is 9.27. The first-order chi connectivity index (χ1) is 12.8. The first-order valence-electron chi connectivity index (χ1n) is 8.51. The Labute approximate surface area is 170 Å². The van der Waals surface area contributed by atoms with E-state index in [1.807, 2.05) is 43.3 Å². The summed E-state index contributed by atoms with van der Waals surface area (Å²) in [7, 11) is 5.56. The number of ether oxygens (including phenoxy) is 2. The summed E-state index contributed by atoms with van der Waals surface area (Å²) < 4.78 is 10.9. The Hall–Kier alpha value is -1.95. The van der Waals surface area contributed by atoms with E-state index in [1.54, 1.807) is 32.2 Å². The molecule has 0 aliphatic rings. The number of carbonyl (C=O) groups excluding carboxylic acids is 1. The lowest BCUT2D eigenvalue weighted by molar-refractivity contribution is -0.127. The van der Waals surface area contributed by atoms with Gasteiger partial charge in [-0.1, -0.05) is 35.3 Å². The van der Waals surface area contributed by atoms with Crippen molar-refractivity contribution in [1.82, 2.24) is 10.2 Å². The minimum atomic E-state index is -0.697. The summed E-state index contributed by atoms with van der Waals surface area (Å²) in [6, 6.07) is 12.7. The lowest BCUT2D eigenvalue weighted by Crippen LogP contribution is -2.41. The number of hydrogen-bond donors (Lipinski definition) is 1. The summed E-state index contributed by atoms with van der Waals surface area (Å²) in [6.45, 7) is 2.11. The molecule has 2 atom stereocenters. The second-order valence-corrected chi connectivity index (χ2v) is 7.18.